The van der Waals surface area contributed by atoms with Gasteiger partial charge < -0.3 is 0 Å². The Labute approximate surface area is 126 Å². The van der Waals surface area contributed by atoms with Crippen molar-refractivity contribution < 1.29 is 4.39 Å². The van der Waals surface area contributed by atoms with Gasteiger partial charge in [0.1, 0.15) is 5.82 Å². The van der Waals surface area contributed by atoms with Crippen LogP contribution in [0.15, 0.2) is 36.4 Å². The average Bonchev–Trinajstić information content (AvgIpc) is 2.37. The smallest absolute Gasteiger partial charge is 0.146 e. The van der Waals surface area contributed by atoms with Crippen LogP contribution >= 0.6 is 27.5 Å². The third-order valence-electron chi connectivity index (χ3n) is 3.22. The van der Waals surface area contributed by atoms with Crippen molar-refractivity contribution in [1.82, 2.24) is 0 Å². The van der Waals surface area contributed by atoms with Gasteiger partial charge in [0.05, 0.1) is 5.02 Å². The van der Waals surface area contributed by atoms with E-state index in [9.17, 15) is 4.39 Å². The van der Waals surface area contributed by atoms with E-state index in [1.807, 2.05) is 0 Å². The summed E-state index contributed by atoms with van der Waals surface area (Å²) in [6.45, 7) is 4.13. The number of hydrogen-bond donors (Lipinski definition) is 0. The van der Waals surface area contributed by atoms with Crippen LogP contribution < -0.4 is 0 Å². The fourth-order valence-electron chi connectivity index (χ4n) is 2.09. The van der Waals surface area contributed by atoms with Crippen molar-refractivity contribution in [3.63, 3.8) is 0 Å². The molecule has 19 heavy (non-hydrogen) atoms. The molecular formula is C16H15BrClF. The molecule has 0 bridgehead atoms. The van der Waals surface area contributed by atoms with Gasteiger partial charge in [-0.15, -0.1) is 0 Å². The highest BCUT2D eigenvalue weighted by atomic mass is 79.9. The molecule has 0 aliphatic carbocycles. The lowest BCUT2D eigenvalue weighted by Gasteiger charge is -2.14. The molecule has 0 aromatic heterocycles. The lowest BCUT2D eigenvalue weighted by Crippen LogP contribution is -2.01. The molecular weight excluding hydrogens is 327 g/mol. The van der Waals surface area contributed by atoms with Crippen molar-refractivity contribution in [2.45, 2.75) is 25.1 Å². The van der Waals surface area contributed by atoms with Crippen LogP contribution in [0.4, 0.5) is 4.39 Å². The van der Waals surface area contributed by atoms with Crippen molar-refractivity contribution in [2.75, 3.05) is 0 Å². The first-order valence-electron chi connectivity index (χ1n) is 6.13. The monoisotopic (exact) mass is 340 g/mol. The molecule has 0 aliphatic heterocycles. The maximum Gasteiger partial charge on any atom is 0.146 e. The highest BCUT2D eigenvalue weighted by Crippen LogP contribution is 2.32. The van der Waals surface area contributed by atoms with Crippen molar-refractivity contribution in [2.24, 2.45) is 0 Å². The summed E-state index contributed by atoms with van der Waals surface area (Å²) in [5.74, 6) is -0.337. The maximum atomic E-state index is 14.0. The molecule has 0 aliphatic rings. The van der Waals surface area contributed by atoms with Crippen molar-refractivity contribution in [3.05, 3.63) is 69.5 Å². The van der Waals surface area contributed by atoms with Crippen LogP contribution in [0.1, 0.15) is 27.1 Å². The molecule has 0 saturated carbocycles. The summed E-state index contributed by atoms with van der Waals surface area (Å²) in [5.41, 5.74) is 4.26. The predicted octanol–water partition coefficient (Wildman–Crippen LogP) is 5.77. The lowest BCUT2D eigenvalue weighted by atomic mass is 9.98. The van der Waals surface area contributed by atoms with Gasteiger partial charge in [0.15, 0.2) is 0 Å². The Kier molecular flexibility index (Phi) is 4.64. The number of rotatable bonds is 3. The fourth-order valence-corrected chi connectivity index (χ4v) is 2.97. The van der Waals surface area contributed by atoms with Gasteiger partial charge >= 0.3 is 0 Å². The summed E-state index contributed by atoms with van der Waals surface area (Å²) in [4.78, 5) is -0.0771. The van der Waals surface area contributed by atoms with E-state index in [0.29, 0.717) is 5.56 Å². The second-order valence-electron chi connectivity index (χ2n) is 4.74. The van der Waals surface area contributed by atoms with Gasteiger partial charge in [0, 0.05) is 10.4 Å². The highest BCUT2D eigenvalue weighted by Gasteiger charge is 2.16. The van der Waals surface area contributed by atoms with Crippen LogP contribution in [-0.2, 0) is 6.42 Å². The molecule has 0 N–H and O–H groups in total. The minimum atomic E-state index is -0.337. The van der Waals surface area contributed by atoms with Crippen molar-refractivity contribution in [1.29, 1.82) is 0 Å². The molecule has 2 aromatic carbocycles. The summed E-state index contributed by atoms with van der Waals surface area (Å²) in [6, 6.07) is 11.4. The average molecular weight is 342 g/mol. The Morgan fingerprint density at radius 2 is 1.95 bits per heavy atom. The number of benzene rings is 2. The highest BCUT2D eigenvalue weighted by molar-refractivity contribution is 9.09. The normalized spacial score (nSPS) is 12.5. The molecule has 3 heteroatoms. The summed E-state index contributed by atoms with van der Waals surface area (Å²) < 4.78 is 14.0. The zero-order chi connectivity index (χ0) is 14.0. The molecule has 0 fully saturated rings. The van der Waals surface area contributed by atoms with E-state index in [1.165, 1.54) is 16.7 Å². The van der Waals surface area contributed by atoms with Crippen LogP contribution in [0.2, 0.25) is 5.02 Å². The summed E-state index contributed by atoms with van der Waals surface area (Å²) in [6.07, 6.45) is 0.741. The zero-order valence-electron chi connectivity index (χ0n) is 10.9. The van der Waals surface area contributed by atoms with Gasteiger partial charge in [0.2, 0.25) is 0 Å². The van der Waals surface area contributed by atoms with Crippen molar-refractivity contribution in [3.8, 4) is 0 Å². The number of hydrogen-bond acceptors (Lipinski definition) is 0. The standard InChI is InChI=1S/C16H15BrClF/c1-10-6-7-11(2)12(8-10)9-14(17)13-4-3-5-15(18)16(13)19/h3-8,14H,9H2,1-2H3. The summed E-state index contributed by atoms with van der Waals surface area (Å²) in [5, 5.41) is 0.169. The van der Waals surface area contributed by atoms with E-state index in [2.05, 4.69) is 48.0 Å². The minimum Gasteiger partial charge on any atom is -0.205 e. The van der Waals surface area contributed by atoms with Gasteiger partial charge in [-0.1, -0.05) is 63.4 Å². The molecule has 1 unspecified atom stereocenters. The Balaban J connectivity index is 2.28. The predicted molar refractivity (Wildman–Crippen MR) is 82.7 cm³/mol. The minimum absolute atomic E-state index is 0.0771. The van der Waals surface area contributed by atoms with Gasteiger partial charge in [0.25, 0.3) is 0 Å². The van der Waals surface area contributed by atoms with Crippen LogP contribution in [-0.4, -0.2) is 0 Å². The molecule has 0 amide bonds. The molecule has 0 radical (unpaired) electrons. The molecule has 2 rings (SSSR count). The molecule has 0 spiro atoms. The van der Waals surface area contributed by atoms with Gasteiger partial charge in [-0.05, 0) is 37.5 Å². The van der Waals surface area contributed by atoms with E-state index in [0.717, 1.165) is 6.42 Å². The largest absolute Gasteiger partial charge is 0.205 e. The first-order chi connectivity index (χ1) is 8.99. The van der Waals surface area contributed by atoms with Crippen LogP contribution in [0.5, 0.6) is 0 Å². The number of alkyl halides is 1. The second kappa shape index (κ2) is 6.06. The molecule has 0 saturated heterocycles. The molecule has 1 atom stereocenters. The quantitative estimate of drug-likeness (QED) is 0.621. The molecule has 100 valence electrons. The van der Waals surface area contributed by atoms with Crippen LogP contribution in [0.3, 0.4) is 0 Å². The number of halogens is 3. The van der Waals surface area contributed by atoms with Crippen LogP contribution in [0.25, 0.3) is 0 Å². The third-order valence-corrected chi connectivity index (χ3v) is 4.33. The topological polar surface area (TPSA) is 0 Å². The summed E-state index contributed by atoms with van der Waals surface area (Å²) in [7, 11) is 0. The molecule has 2 aromatic rings. The van der Waals surface area contributed by atoms with Crippen molar-refractivity contribution >= 4 is 27.5 Å². The zero-order valence-corrected chi connectivity index (χ0v) is 13.2. The first-order valence-corrected chi connectivity index (χ1v) is 7.42. The van der Waals surface area contributed by atoms with E-state index < -0.39 is 0 Å². The molecule has 0 heterocycles. The van der Waals surface area contributed by atoms with Gasteiger partial charge in [-0.25, -0.2) is 4.39 Å². The van der Waals surface area contributed by atoms with E-state index >= 15 is 0 Å². The van der Waals surface area contributed by atoms with Gasteiger partial charge in [-0.2, -0.15) is 0 Å². The molecule has 0 nitrogen and oxygen atoms in total. The SMILES string of the molecule is Cc1ccc(C)c(CC(Br)c2cccc(Cl)c2F)c1. The Morgan fingerprint density at radius 1 is 1.21 bits per heavy atom. The van der Waals surface area contributed by atoms with E-state index in [4.69, 9.17) is 11.6 Å². The Bertz CT molecular complexity index is 595. The van der Waals surface area contributed by atoms with E-state index in [1.54, 1.807) is 18.2 Å². The first kappa shape index (κ1) is 14.5. The second-order valence-corrected chi connectivity index (χ2v) is 6.26. The Morgan fingerprint density at radius 3 is 2.68 bits per heavy atom. The Hall–Kier alpha value is -0.860. The van der Waals surface area contributed by atoms with Gasteiger partial charge in [-0.3, -0.25) is 0 Å². The van der Waals surface area contributed by atoms with Crippen LogP contribution in [0, 0.1) is 19.7 Å². The van der Waals surface area contributed by atoms with E-state index in [-0.39, 0.29) is 15.7 Å². The fraction of sp³-hybridized carbons (Fsp3) is 0.250. The maximum absolute atomic E-state index is 14.0. The third kappa shape index (κ3) is 3.37. The lowest BCUT2D eigenvalue weighted by molar-refractivity contribution is 0.608. The summed E-state index contributed by atoms with van der Waals surface area (Å²) >= 11 is 9.39. The number of aryl methyl sites for hydroxylation is 2.